The Labute approximate surface area is 164 Å². The number of nitrogens with zero attached hydrogens (tertiary/aromatic N) is 1. The minimum atomic E-state index is -0.338. The van der Waals surface area contributed by atoms with E-state index in [2.05, 4.69) is 17.6 Å². The van der Waals surface area contributed by atoms with Gasteiger partial charge in [-0.2, -0.15) is 0 Å². The molecular weight excluding hydrogens is 361 g/mol. The number of hydrogen-bond acceptors (Lipinski definition) is 3. The van der Waals surface area contributed by atoms with Crippen LogP contribution in [0, 0.1) is 17.7 Å². The smallest absolute Gasteiger partial charge is 0.324 e. The van der Waals surface area contributed by atoms with E-state index in [4.69, 9.17) is 0 Å². The normalized spacial score (nSPS) is 24.5. The molecule has 4 amide bonds. The molecule has 1 heterocycles. The summed E-state index contributed by atoms with van der Waals surface area (Å²) in [7, 11) is 0. The minimum absolute atomic E-state index is 0.0881. The molecule has 1 saturated heterocycles. The second kappa shape index (κ2) is 9.17. The Hall–Kier alpha value is -2.44. The van der Waals surface area contributed by atoms with Gasteiger partial charge in [0.15, 0.2) is 0 Å². The Balaban J connectivity index is 1.53. The van der Waals surface area contributed by atoms with Crippen LogP contribution in [-0.4, -0.2) is 35.3 Å². The van der Waals surface area contributed by atoms with Crippen LogP contribution in [-0.2, 0) is 16.1 Å². The average Bonchev–Trinajstić information content (AvgIpc) is 2.69. The summed E-state index contributed by atoms with van der Waals surface area (Å²) in [5.74, 6) is -0.971. The van der Waals surface area contributed by atoms with E-state index in [1.165, 1.54) is 17.0 Å². The molecule has 0 aromatic heterocycles. The topological polar surface area (TPSA) is 78.5 Å². The van der Waals surface area contributed by atoms with Crippen molar-refractivity contribution in [2.75, 3.05) is 6.54 Å². The second-order valence-electron chi connectivity index (χ2n) is 7.71. The third-order valence-electron chi connectivity index (χ3n) is 5.72. The molecule has 1 aliphatic carbocycles. The number of benzene rings is 1. The van der Waals surface area contributed by atoms with Gasteiger partial charge in [-0.3, -0.25) is 14.5 Å². The molecule has 7 heteroatoms. The van der Waals surface area contributed by atoms with Crippen LogP contribution in [0.5, 0.6) is 0 Å². The zero-order valence-corrected chi connectivity index (χ0v) is 16.2. The van der Waals surface area contributed by atoms with E-state index < -0.39 is 0 Å². The second-order valence-corrected chi connectivity index (χ2v) is 7.71. The number of carbonyl (C=O) groups is 3. The lowest BCUT2D eigenvalue weighted by molar-refractivity contribution is -0.139. The molecule has 1 aliphatic heterocycles. The van der Waals surface area contributed by atoms with Crippen molar-refractivity contribution in [3.8, 4) is 0 Å². The number of rotatable bonds is 7. The number of fused-ring (bicyclic) bond motifs is 1. The molecule has 1 aromatic rings. The lowest BCUT2D eigenvalue weighted by atomic mass is 9.76. The Bertz CT molecular complexity index is 722. The van der Waals surface area contributed by atoms with Crippen LogP contribution in [0.1, 0.15) is 51.0 Å². The highest BCUT2D eigenvalue weighted by Crippen LogP contribution is 2.33. The van der Waals surface area contributed by atoms with Crippen molar-refractivity contribution < 1.29 is 18.8 Å². The molecule has 0 radical (unpaired) electrons. The Morgan fingerprint density at radius 3 is 2.68 bits per heavy atom. The van der Waals surface area contributed by atoms with Gasteiger partial charge in [0.25, 0.3) is 0 Å². The Morgan fingerprint density at radius 1 is 1.21 bits per heavy atom. The van der Waals surface area contributed by atoms with Crippen LogP contribution in [0.4, 0.5) is 9.18 Å². The lowest BCUT2D eigenvalue weighted by Crippen LogP contribution is -2.62. The summed E-state index contributed by atoms with van der Waals surface area (Å²) in [4.78, 5) is 38.9. The zero-order valence-electron chi connectivity index (χ0n) is 16.2. The molecule has 1 saturated carbocycles. The molecule has 2 aliphatic rings. The first-order valence-corrected chi connectivity index (χ1v) is 10.1. The molecule has 152 valence electrons. The molecule has 28 heavy (non-hydrogen) atoms. The van der Waals surface area contributed by atoms with Crippen molar-refractivity contribution in [1.82, 2.24) is 15.5 Å². The van der Waals surface area contributed by atoms with Crippen molar-refractivity contribution >= 4 is 17.8 Å². The molecule has 3 atom stereocenters. The Morgan fingerprint density at radius 2 is 1.96 bits per heavy atom. The molecule has 1 aromatic carbocycles. The first-order valence-electron chi connectivity index (χ1n) is 10.1. The van der Waals surface area contributed by atoms with Gasteiger partial charge < -0.3 is 10.6 Å². The molecule has 3 rings (SSSR count). The number of unbranched alkanes of at least 4 members (excludes halogenated alkanes) is 2. The third kappa shape index (κ3) is 4.69. The predicted octanol–water partition coefficient (Wildman–Crippen LogP) is 2.97. The third-order valence-corrected chi connectivity index (χ3v) is 5.72. The van der Waals surface area contributed by atoms with Gasteiger partial charge >= 0.3 is 6.03 Å². The zero-order chi connectivity index (χ0) is 20.1. The lowest BCUT2D eigenvalue weighted by Gasteiger charge is -2.42. The van der Waals surface area contributed by atoms with Gasteiger partial charge in [-0.05, 0) is 43.4 Å². The summed E-state index contributed by atoms with van der Waals surface area (Å²) < 4.78 is 13.0. The van der Waals surface area contributed by atoms with Crippen LogP contribution >= 0.6 is 0 Å². The molecule has 3 unspecified atom stereocenters. The maximum absolute atomic E-state index is 13.0. The van der Waals surface area contributed by atoms with Crippen molar-refractivity contribution in [3.63, 3.8) is 0 Å². The summed E-state index contributed by atoms with van der Waals surface area (Å²) in [6, 6.07) is 5.39. The van der Waals surface area contributed by atoms with E-state index in [-0.39, 0.29) is 41.5 Å². The van der Waals surface area contributed by atoms with Gasteiger partial charge in [-0.25, -0.2) is 9.18 Å². The fraction of sp³-hybridized carbons (Fsp3) is 0.571. The number of hydrogen-bond donors (Lipinski definition) is 2. The summed E-state index contributed by atoms with van der Waals surface area (Å²) in [5.41, 5.74) is 0.826. The van der Waals surface area contributed by atoms with E-state index in [0.717, 1.165) is 24.8 Å². The van der Waals surface area contributed by atoms with E-state index in [9.17, 15) is 18.8 Å². The predicted molar refractivity (Wildman–Crippen MR) is 103 cm³/mol. The maximum atomic E-state index is 13.0. The van der Waals surface area contributed by atoms with Gasteiger partial charge in [0, 0.05) is 25.0 Å². The van der Waals surface area contributed by atoms with Crippen molar-refractivity contribution in [2.45, 2.75) is 58.0 Å². The molecule has 2 fully saturated rings. The maximum Gasteiger partial charge on any atom is 0.324 e. The van der Waals surface area contributed by atoms with E-state index in [1.807, 2.05) is 0 Å². The van der Waals surface area contributed by atoms with Crippen molar-refractivity contribution in [2.24, 2.45) is 11.8 Å². The SMILES string of the molecule is CCCCCN1C(=O)NC2CC(C(=O)NCc3ccc(F)cc3)CCC2C1=O. The highest BCUT2D eigenvalue weighted by molar-refractivity contribution is 5.99. The molecule has 0 bridgehead atoms. The van der Waals surface area contributed by atoms with E-state index in [0.29, 0.717) is 32.4 Å². The largest absolute Gasteiger partial charge is 0.352 e. The van der Waals surface area contributed by atoms with Crippen molar-refractivity contribution in [3.05, 3.63) is 35.6 Å². The summed E-state index contributed by atoms with van der Waals surface area (Å²) in [6.07, 6.45) is 4.54. The summed E-state index contributed by atoms with van der Waals surface area (Å²) in [5, 5.41) is 5.81. The summed E-state index contributed by atoms with van der Waals surface area (Å²) in [6.45, 7) is 2.88. The number of urea groups is 1. The first kappa shape index (κ1) is 20.3. The molecule has 2 N–H and O–H groups in total. The molecule has 0 spiro atoms. The monoisotopic (exact) mass is 389 g/mol. The Kier molecular flexibility index (Phi) is 6.65. The van der Waals surface area contributed by atoms with Gasteiger partial charge in [-0.15, -0.1) is 0 Å². The first-order chi connectivity index (χ1) is 13.5. The quantitative estimate of drug-likeness (QED) is 0.704. The average molecular weight is 389 g/mol. The summed E-state index contributed by atoms with van der Waals surface area (Å²) >= 11 is 0. The van der Waals surface area contributed by atoms with Gasteiger partial charge in [0.2, 0.25) is 11.8 Å². The van der Waals surface area contributed by atoms with Gasteiger partial charge in [0.1, 0.15) is 5.82 Å². The molecular formula is C21H28FN3O3. The van der Waals surface area contributed by atoms with E-state index in [1.54, 1.807) is 12.1 Å². The van der Waals surface area contributed by atoms with Crippen molar-refractivity contribution in [1.29, 1.82) is 0 Å². The van der Waals surface area contributed by atoms with Crippen LogP contribution in [0.2, 0.25) is 0 Å². The van der Waals surface area contributed by atoms with Gasteiger partial charge in [-0.1, -0.05) is 31.9 Å². The van der Waals surface area contributed by atoms with Crippen LogP contribution in [0.3, 0.4) is 0 Å². The number of halogens is 1. The fourth-order valence-electron chi connectivity index (χ4n) is 4.07. The number of imide groups is 1. The number of nitrogens with one attached hydrogen (secondary N) is 2. The fourth-order valence-corrected chi connectivity index (χ4v) is 4.07. The van der Waals surface area contributed by atoms with Crippen LogP contribution < -0.4 is 10.6 Å². The molecule has 6 nitrogen and oxygen atoms in total. The standard InChI is InChI=1S/C21H28FN3O3/c1-2-3-4-11-25-20(27)17-10-7-15(12-18(17)24-21(25)28)19(26)23-13-14-5-8-16(22)9-6-14/h5-6,8-9,15,17-18H,2-4,7,10-13H2,1H3,(H,23,26)(H,24,28). The van der Waals surface area contributed by atoms with Gasteiger partial charge in [0.05, 0.1) is 5.92 Å². The number of carbonyl (C=O) groups excluding carboxylic acids is 3. The van der Waals surface area contributed by atoms with E-state index >= 15 is 0 Å². The highest BCUT2D eigenvalue weighted by Gasteiger charge is 2.45. The highest BCUT2D eigenvalue weighted by atomic mass is 19.1. The minimum Gasteiger partial charge on any atom is -0.352 e. The number of amides is 4. The van der Waals surface area contributed by atoms with Crippen LogP contribution in [0.25, 0.3) is 0 Å². The van der Waals surface area contributed by atoms with Crippen LogP contribution in [0.15, 0.2) is 24.3 Å².